The van der Waals surface area contributed by atoms with Crippen LogP contribution in [0, 0.1) is 11.8 Å². The Balaban J connectivity index is 1.82. The Kier molecular flexibility index (Phi) is 9.21. The molecule has 25 heavy (non-hydrogen) atoms. The average molecular weight is 357 g/mol. The van der Waals surface area contributed by atoms with E-state index in [1.165, 1.54) is 25.7 Å². The fraction of sp³-hybridized carbons (Fsp3) is 0.950. The van der Waals surface area contributed by atoms with Gasteiger partial charge < -0.3 is 19.7 Å². The number of carboxylic acid groups (broad SMARTS) is 1. The molecule has 1 saturated heterocycles. The van der Waals surface area contributed by atoms with Gasteiger partial charge in [0.15, 0.2) is 6.29 Å². The number of aliphatic carboxylic acids is 1. The van der Waals surface area contributed by atoms with Crippen molar-refractivity contribution in [3.8, 4) is 0 Å². The van der Waals surface area contributed by atoms with Gasteiger partial charge in [0.25, 0.3) is 0 Å². The zero-order chi connectivity index (χ0) is 18.1. The normalized spacial score (nSPS) is 31.1. The molecule has 1 heterocycles. The lowest BCUT2D eigenvalue weighted by Crippen LogP contribution is -2.29. The van der Waals surface area contributed by atoms with Gasteiger partial charge in [0.05, 0.1) is 18.6 Å². The first kappa shape index (κ1) is 20.7. The fourth-order valence-corrected chi connectivity index (χ4v) is 4.33. The van der Waals surface area contributed by atoms with E-state index in [4.69, 9.17) is 14.6 Å². The first-order chi connectivity index (χ1) is 12.1. The first-order valence-electron chi connectivity index (χ1n) is 10.3. The molecule has 2 rings (SSSR count). The van der Waals surface area contributed by atoms with E-state index in [1.807, 2.05) is 0 Å². The summed E-state index contributed by atoms with van der Waals surface area (Å²) in [5.74, 6) is -0.599. The van der Waals surface area contributed by atoms with Crippen molar-refractivity contribution in [3.05, 3.63) is 0 Å². The number of ether oxygens (including phenoxy) is 2. The van der Waals surface area contributed by atoms with Gasteiger partial charge in [-0.25, -0.2) is 0 Å². The summed E-state index contributed by atoms with van der Waals surface area (Å²) in [6.45, 7) is 3.00. The van der Waals surface area contributed by atoms with Gasteiger partial charge in [-0.3, -0.25) is 4.79 Å². The summed E-state index contributed by atoms with van der Waals surface area (Å²) in [5.41, 5.74) is 0. The van der Waals surface area contributed by atoms with Crippen LogP contribution < -0.4 is 0 Å². The van der Waals surface area contributed by atoms with Gasteiger partial charge in [-0.05, 0) is 63.2 Å². The number of aliphatic hydroxyl groups excluding tert-OH is 1. The van der Waals surface area contributed by atoms with Gasteiger partial charge >= 0.3 is 5.97 Å². The minimum absolute atomic E-state index is 0.0654. The van der Waals surface area contributed by atoms with Gasteiger partial charge in [0.1, 0.15) is 0 Å². The zero-order valence-corrected chi connectivity index (χ0v) is 15.7. The van der Waals surface area contributed by atoms with Crippen molar-refractivity contribution < 1.29 is 24.5 Å². The summed E-state index contributed by atoms with van der Waals surface area (Å²) in [5, 5.41) is 19.2. The van der Waals surface area contributed by atoms with Crippen molar-refractivity contribution in [2.45, 2.75) is 102 Å². The second kappa shape index (κ2) is 11.1. The van der Waals surface area contributed by atoms with Crippen LogP contribution in [0.1, 0.15) is 84.0 Å². The summed E-state index contributed by atoms with van der Waals surface area (Å²) in [6.07, 6.45) is 11.2. The third-order valence-electron chi connectivity index (χ3n) is 5.81. The molecule has 1 saturated carbocycles. The lowest BCUT2D eigenvalue weighted by molar-refractivity contribution is -0.191. The highest BCUT2D eigenvalue weighted by atomic mass is 16.7. The van der Waals surface area contributed by atoms with Crippen molar-refractivity contribution in [1.82, 2.24) is 0 Å². The van der Waals surface area contributed by atoms with Crippen LogP contribution in [0.15, 0.2) is 0 Å². The van der Waals surface area contributed by atoms with Crippen LogP contribution in [0.4, 0.5) is 0 Å². The third kappa shape index (κ3) is 7.24. The Morgan fingerprint density at radius 3 is 2.72 bits per heavy atom. The predicted octanol–water partition coefficient (Wildman–Crippen LogP) is 4.12. The lowest BCUT2D eigenvalue weighted by Gasteiger charge is -2.29. The van der Waals surface area contributed by atoms with E-state index in [-0.39, 0.29) is 24.7 Å². The molecule has 5 nitrogen and oxygen atoms in total. The lowest BCUT2D eigenvalue weighted by atomic mass is 9.87. The molecule has 5 heteroatoms. The SMILES string of the molecule is CCCCCC(CCC1CC[C@@H](O)C1CC(=O)O)OC1CCCCO1. The van der Waals surface area contributed by atoms with Crippen molar-refractivity contribution in [3.63, 3.8) is 0 Å². The smallest absolute Gasteiger partial charge is 0.303 e. The molecule has 146 valence electrons. The summed E-state index contributed by atoms with van der Waals surface area (Å²) in [6, 6.07) is 0. The quantitative estimate of drug-likeness (QED) is 0.545. The van der Waals surface area contributed by atoms with Gasteiger partial charge in [0, 0.05) is 6.61 Å². The number of rotatable bonds is 11. The van der Waals surface area contributed by atoms with Crippen LogP contribution in [0.5, 0.6) is 0 Å². The Bertz CT molecular complexity index is 380. The summed E-state index contributed by atoms with van der Waals surface area (Å²) in [4.78, 5) is 11.1. The van der Waals surface area contributed by atoms with E-state index in [1.54, 1.807) is 0 Å². The molecule has 4 unspecified atom stereocenters. The average Bonchev–Trinajstić information content (AvgIpc) is 2.93. The first-order valence-corrected chi connectivity index (χ1v) is 10.3. The van der Waals surface area contributed by atoms with Crippen LogP contribution in [0.25, 0.3) is 0 Å². The van der Waals surface area contributed by atoms with E-state index >= 15 is 0 Å². The highest BCUT2D eigenvalue weighted by Crippen LogP contribution is 2.38. The number of unbranched alkanes of at least 4 members (excludes halogenated alkanes) is 2. The van der Waals surface area contributed by atoms with Gasteiger partial charge in [-0.2, -0.15) is 0 Å². The summed E-state index contributed by atoms with van der Waals surface area (Å²) >= 11 is 0. The minimum Gasteiger partial charge on any atom is -0.481 e. The molecule has 1 aliphatic heterocycles. The number of carboxylic acids is 1. The monoisotopic (exact) mass is 356 g/mol. The molecule has 2 aliphatic rings. The van der Waals surface area contributed by atoms with Gasteiger partial charge in [0.2, 0.25) is 0 Å². The van der Waals surface area contributed by atoms with Crippen molar-refractivity contribution in [2.24, 2.45) is 11.8 Å². The molecule has 2 fully saturated rings. The maximum atomic E-state index is 11.1. The van der Waals surface area contributed by atoms with Crippen LogP contribution >= 0.6 is 0 Å². The molecule has 0 spiro atoms. The summed E-state index contributed by atoms with van der Waals surface area (Å²) in [7, 11) is 0. The maximum absolute atomic E-state index is 11.1. The number of hydrogen-bond acceptors (Lipinski definition) is 4. The standard InChI is InChI=1S/C20H36O5/c1-2-3-4-7-16(25-20-8-5-6-13-24-20)11-9-15-10-12-18(21)17(15)14-19(22)23/h15-18,20-21H,2-14H2,1H3,(H,22,23)/t15?,16?,17?,18-,20?/m1/s1. The molecule has 1 aliphatic carbocycles. The highest BCUT2D eigenvalue weighted by Gasteiger charge is 2.36. The van der Waals surface area contributed by atoms with E-state index in [2.05, 4.69) is 6.92 Å². The number of carbonyl (C=O) groups is 1. The van der Waals surface area contributed by atoms with Crippen LogP contribution in [-0.4, -0.2) is 41.3 Å². The van der Waals surface area contributed by atoms with Gasteiger partial charge in [-0.15, -0.1) is 0 Å². The molecule has 0 amide bonds. The zero-order valence-electron chi connectivity index (χ0n) is 15.7. The topological polar surface area (TPSA) is 76.0 Å². The van der Waals surface area contributed by atoms with Crippen LogP contribution in [0.2, 0.25) is 0 Å². The highest BCUT2D eigenvalue weighted by molar-refractivity contribution is 5.67. The van der Waals surface area contributed by atoms with Crippen molar-refractivity contribution in [1.29, 1.82) is 0 Å². The molecule has 0 aromatic heterocycles. The molecule has 2 N–H and O–H groups in total. The second-order valence-electron chi connectivity index (χ2n) is 7.79. The van der Waals surface area contributed by atoms with Crippen LogP contribution in [-0.2, 0) is 14.3 Å². The number of hydrogen-bond donors (Lipinski definition) is 2. The van der Waals surface area contributed by atoms with Crippen LogP contribution in [0.3, 0.4) is 0 Å². The minimum atomic E-state index is -0.803. The van der Waals surface area contributed by atoms with Gasteiger partial charge in [-0.1, -0.05) is 26.2 Å². The van der Waals surface area contributed by atoms with E-state index in [9.17, 15) is 9.90 Å². The maximum Gasteiger partial charge on any atom is 0.303 e. The second-order valence-corrected chi connectivity index (χ2v) is 7.79. The summed E-state index contributed by atoms with van der Waals surface area (Å²) < 4.78 is 12.0. The van der Waals surface area contributed by atoms with E-state index in [0.29, 0.717) is 5.92 Å². The largest absolute Gasteiger partial charge is 0.481 e. The van der Waals surface area contributed by atoms with E-state index < -0.39 is 12.1 Å². The van der Waals surface area contributed by atoms with E-state index in [0.717, 1.165) is 51.6 Å². The molecule has 0 aromatic carbocycles. The molecular formula is C20H36O5. The molecule has 5 atom stereocenters. The Morgan fingerprint density at radius 1 is 1.20 bits per heavy atom. The van der Waals surface area contributed by atoms with Crippen molar-refractivity contribution in [2.75, 3.05) is 6.61 Å². The fourth-order valence-electron chi connectivity index (χ4n) is 4.33. The molecular weight excluding hydrogens is 320 g/mol. The molecule has 0 radical (unpaired) electrons. The molecule has 0 bridgehead atoms. The number of aliphatic hydroxyl groups is 1. The Hall–Kier alpha value is -0.650. The van der Waals surface area contributed by atoms with Crippen molar-refractivity contribution >= 4 is 5.97 Å². The third-order valence-corrected chi connectivity index (χ3v) is 5.81. The molecule has 0 aromatic rings. The Labute approximate surface area is 152 Å². The Morgan fingerprint density at radius 2 is 2.04 bits per heavy atom. The predicted molar refractivity (Wildman–Crippen MR) is 96.3 cm³/mol.